The highest BCUT2D eigenvalue weighted by Gasteiger charge is 2.23. The summed E-state index contributed by atoms with van der Waals surface area (Å²) in [7, 11) is 0. The van der Waals surface area contributed by atoms with Crippen molar-refractivity contribution in [3.05, 3.63) is 24.4 Å². The Morgan fingerprint density at radius 1 is 1.44 bits per heavy atom. The van der Waals surface area contributed by atoms with Gasteiger partial charge in [0.2, 0.25) is 11.8 Å². The summed E-state index contributed by atoms with van der Waals surface area (Å²) in [6, 6.07) is 5.66. The molecule has 0 aromatic carbocycles. The molecular weight excluding hydrogens is 228 g/mol. The maximum atomic E-state index is 11.7. The van der Waals surface area contributed by atoms with Gasteiger partial charge < -0.3 is 9.64 Å². The lowest BCUT2D eigenvalue weighted by Gasteiger charge is -2.31. The largest absolute Gasteiger partial charge is 0.474 e. The summed E-state index contributed by atoms with van der Waals surface area (Å²) in [6.07, 6.45) is 5.29. The minimum atomic E-state index is 0.186. The molecule has 2 rings (SSSR count). The second-order valence-electron chi connectivity index (χ2n) is 4.62. The number of hydrogen-bond acceptors (Lipinski definition) is 3. The van der Waals surface area contributed by atoms with E-state index < -0.39 is 0 Å². The average molecular weight is 248 g/mol. The van der Waals surface area contributed by atoms with E-state index in [-0.39, 0.29) is 12.0 Å². The number of piperidine rings is 1. The first-order chi connectivity index (χ1) is 8.79. The average Bonchev–Trinajstić information content (AvgIpc) is 2.41. The summed E-state index contributed by atoms with van der Waals surface area (Å²) in [4.78, 5) is 17.8. The molecule has 0 spiro atoms. The number of amides is 1. The van der Waals surface area contributed by atoms with Gasteiger partial charge in [-0.1, -0.05) is 13.0 Å². The highest BCUT2D eigenvalue weighted by atomic mass is 16.5. The molecule has 0 radical (unpaired) electrons. The van der Waals surface area contributed by atoms with Crippen molar-refractivity contribution in [2.24, 2.45) is 0 Å². The van der Waals surface area contributed by atoms with Crippen LogP contribution >= 0.6 is 0 Å². The van der Waals surface area contributed by atoms with Crippen LogP contribution in [-0.4, -0.2) is 35.0 Å². The molecule has 0 atom stereocenters. The van der Waals surface area contributed by atoms with Gasteiger partial charge in [-0.25, -0.2) is 4.98 Å². The molecule has 4 nitrogen and oxygen atoms in total. The molecule has 4 heteroatoms. The molecule has 98 valence electrons. The van der Waals surface area contributed by atoms with Crippen LogP contribution in [0, 0.1) is 0 Å². The SMILES string of the molecule is CCCC(=O)N1CCC(Oc2ccccn2)CC1. The quantitative estimate of drug-likeness (QED) is 0.820. The van der Waals surface area contributed by atoms with Gasteiger partial charge >= 0.3 is 0 Å². The van der Waals surface area contributed by atoms with Gasteiger partial charge in [-0.3, -0.25) is 4.79 Å². The first-order valence-corrected chi connectivity index (χ1v) is 6.65. The van der Waals surface area contributed by atoms with Crippen molar-refractivity contribution < 1.29 is 9.53 Å². The molecule has 0 N–H and O–H groups in total. The lowest BCUT2D eigenvalue weighted by Crippen LogP contribution is -2.41. The van der Waals surface area contributed by atoms with E-state index in [1.54, 1.807) is 6.20 Å². The van der Waals surface area contributed by atoms with Crippen molar-refractivity contribution in [1.29, 1.82) is 0 Å². The zero-order chi connectivity index (χ0) is 12.8. The van der Waals surface area contributed by atoms with Crippen molar-refractivity contribution in [2.75, 3.05) is 13.1 Å². The molecule has 1 aliphatic rings. The van der Waals surface area contributed by atoms with E-state index in [9.17, 15) is 4.79 Å². The number of ether oxygens (including phenoxy) is 1. The van der Waals surface area contributed by atoms with Crippen LogP contribution in [0.2, 0.25) is 0 Å². The molecule has 2 heterocycles. The molecule has 1 aromatic heterocycles. The van der Waals surface area contributed by atoms with Gasteiger partial charge in [0.05, 0.1) is 0 Å². The lowest BCUT2D eigenvalue weighted by atomic mass is 10.1. The van der Waals surface area contributed by atoms with Gasteiger partial charge in [-0.2, -0.15) is 0 Å². The predicted molar refractivity (Wildman–Crippen MR) is 69.4 cm³/mol. The Morgan fingerprint density at radius 3 is 2.83 bits per heavy atom. The van der Waals surface area contributed by atoms with Crippen LogP contribution in [0.15, 0.2) is 24.4 Å². The fraction of sp³-hybridized carbons (Fsp3) is 0.571. The Morgan fingerprint density at radius 2 is 2.22 bits per heavy atom. The first-order valence-electron chi connectivity index (χ1n) is 6.65. The van der Waals surface area contributed by atoms with Crippen LogP contribution in [0.3, 0.4) is 0 Å². The highest BCUT2D eigenvalue weighted by molar-refractivity contribution is 5.76. The Bertz CT molecular complexity index is 373. The summed E-state index contributed by atoms with van der Waals surface area (Å²) in [5, 5.41) is 0. The van der Waals surface area contributed by atoms with Crippen molar-refractivity contribution in [3.8, 4) is 5.88 Å². The molecule has 1 aromatic rings. The van der Waals surface area contributed by atoms with Crippen LogP contribution in [0.25, 0.3) is 0 Å². The number of carbonyl (C=O) groups is 1. The van der Waals surface area contributed by atoms with E-state index in [4.69, 9.17) is 4.74 Å². The standard InChI is InChI=1S/C14H20N2O2/c1-2-5-14(17)16-10-7-12(8-11-16)18-13-6-3-4-9-15-13/h3-4,6,9,12H,2,5,7-8,10-11H2,1H3. The van der Waals surface area contributed by atoms with Gasteiger partial charge in [-0.15, -0.1) is 0 Å². The number of likely N-dealkylation sites (tertiary alicyclic amines) is 1. The number of nitrogens with zero attached hydrogens (tertiary/aromatic N) is 2. The van der Waals surface area contributed by atoms with Crippen LogP contribution in [0.4, 0.5) is 0 Å². The molecule has 0 unspecified atom stereocenters. The van der Waals surface area contributed by atoms with E-state index in [0.29, 0.717) is 12.3 Å². The third-order valence-corrected chi connectivity index (χ3v) is 3.18. The monoisotopic (exact) mass is 248 g/mol. The summed E-state index contributed by atoms with van der Waals surface area (Å²) in [5.74, 6) is 0.949. The van der Waals surface area contributed by atoms with E-state index in [1.165, 1.54) is 0 Å². The van der Waals surface area contributed by atoms with Crippen molar-refractivity contribution in [2.45, 2.75) is 38.7 Å². The molecule has 0 bridgehead atoms. The van der Waals surface area contributed by atoms with Gasteiger partial charge in [0.15, 0.2) is 0 Å². The Labute approximate surface area is 108 Å². The van der Waals surface area contributed by atoms with E-state index >= 15 is 0 Å². The molecular formula is C14H20N2O2. The molecule has 18 heavy (non-hydrogen) atoms. The third kappa shape index (κ3) is 3.45. The van der Waals surface area contributed by atoms with Crippen LogP contribution in [-0.2, 0) is 4.79 Å². The van der Waals surface area contributed by atoms with Gasteiger partial charge in [-0.05, 0) is 12.5 Å². The second-order valence-corrected chi connectivity index (χ2v) is 4.62. The fourth-order valence-corrected chi connectivity index (χ4v) is 2.18. The van der Waals surface area contributed by atoms with Gasteiger partial charge in [0.25, 0.3) is 0 Å². The van der Waals surface area contributed by atoms with Gasteiger partial charge in [0, 0.05) is 44.6 Å². The predicted octanol–water partition coefficient (Wildman–Crippen LogP) is 2.25. The second kappa shape index (κ2) is 6.38. The van der Waals surface area contributed by atoms with Crippen molar-refractivity contribution in [3.63, 3.8) is 0 Å². The zero-order valence-electron chi connectivity index (χ0n) is 10.8. The maximum Gasteiger partial charge on any atom is 0.222 e. The van der Waals surface area contributed by atoms with E-state index in [1.807, 2.05) is 30.0 Å². The van der Waals surface area contributed by atoms with E-state index in [0.717, 1.165) is 32.4 Å². The zero-order valence-corrected chi connectivity index (χ0v) is 10.8. The van der Waals surface area contributed by atoms with Crippen molar-refractivity contribution in [1.82, 2.24) is 9.88 Å². The summed E-state index contributed by atoms with van der Waals surface area (Å²) < 4.78 is 5.79. The molecule has 1 fully saturated rings. The minimum absolute atomic E-state index is 0.186. The molecule has 0 aliphatic carbocycles. The number of rotatable bonds is 4. The number of hydrogen-bond donors (Lipinski definition) is 0. The van der Waals surface area contributed by atoms with Crippen molar-refractivity contribution >= 4 is 5.91 Å². The Balaban J connectivity index is 1.78. The normalized spacial score (nSPS) is 16.6. The minimum Gasteiger partial charge on any atom is -0.474 e. The van der Waals surface area contributed by atoms with Crippen LogP contribution in [0.1, 0.15) is 32.6 Å². The smallest absolute Gasteiger partial charge is 0.222 e. The molecule has 1 saturated heterocycles. The maximum absolute atomic E-state index is 11.7. The number of carbonyl (C=O) groups excluding carboxylic acids is 1. The summed E-state index contributed by atoms with van der Waals surface area (Å²) >= 11 is 0. The Hall–Kier alpha value is -1.58. The molecule has 0 saturated carbocycles. The van der Waals surface area contributed by atoms with Gasteiger partial charge in [0.1, 0.15) is 6.10 Å². The first kappa shape index (κ1) is 12.9. The Kier molecular flexibility index (Phi) is 4.56. The third-order valence-electron chi connectivity index (χ3n) is 3.18. The summed E-state index contributed by atoms with van der Waals surface area (Å²) in [5.41, 5.74) is 0. The van der Waals surface area contributed by atoms with Crippen LogP contribution in [0.5, 0.6) is 5.88 Å². The molecule has 1 amide bonds. The molecule has 1 aliphatic heterocycles. The summed E-state index contributed by atoms with van der Waals surface area (Å²) in [6.45, 7) is 3.64. The lowest BCUT2D eigenvalue weighted by molar-refractivity contribution is -0.133. The number of pyridine rings is 1. The number of aromatic nitrogens is 1. The van der Waals surface area contributed by atoms with E-state index in [2.05, 4.69) is 4.98 Å². The van der Waals surface area contributed by atoms with Crippen LogP contribution < -0.4 is 4.74 Å². The topological polar surface area (TPSA) is 42.4 Å². The highest BCUT2D eigenvalue weighted by Crippen LogP contribution is 2.17. The fourth-order valence-electron chi connectivity index (χ4n) is 2.18.